The summed E-state index contributed by atoms with van der Waals surface area (Å²) in [6.45, 7) is -0.891. The van der Waals surface area contributed by atoms with Crippen LogP contribution in [0.4, 0.5) is 4.39 Å². The first-order valence-electron chi connectivity index (χ1n) is 7.59. The van der Waals surface area contributed by atoms with Gasteiger partial charge in [-0.3, -0.25) is 0 Å². The minimum Gasteiger partial charge on any atom is -0.494 e. The summed E-state index contributed by atoms with van der Waals surface area (Å²) in [7, 11) is 1.46. The van der Waals surface area contributed by atoms with Gasteiger partial charge in [-0.2, -0.15) is 10.4 Å². The molecule has 0 unspecified atom stereocenters. The van der Waals surface area contributed by atoms with Crippen molar-refractivity contribution in [2.45, 2.75) is 12.6 Å². The molecule has 0 fully saturated rings. The maximum absolute atomic E-state index is 12.7. The van der Waals surface area contributed by atoms with Gasteiger partial charge in [0.1, 0.15) is 17.1 Å². The Kier molecular flexibility index (Phi) is 4.67. The van der Waals surface area contributed by atoms with E-state index in [4.69, 9.17) is 10.00 Å². The summed E-state index contributed by atoms with van der Waals surface area (Å²) in [5, 5.41) is 33.8. The van der Waals surface area contributed by atoms with E-state index in [-0.39, 0.29) is 11.3 Å². The highest BCUT2D eigenvalue weighted by Crippen LogP contribution is 2.33. The zero-order chi connectivity index (χ0) is 18.7. The highest BCUT2D eigenvalue weighted by molar-refractivity contribution is 5.68. The third-order valence-corrected chi connectivity index (χ3v) is 3.86. The topological polar surface area (TPSA) is 104 Å². The molecule has 0 aliphatic carbocycles. The number of aromatic nitrogens is 3. The summed E-state index contributed by atoms with van der Waals surface area (Å²) in [4.78, 5) is 4.31. The average Bonchev–Trinajstić information content (AvgIpc) is 3.17. The predicted molar refractivity (Wildman–Crippen MR) is 89.5 cm³/mol. The van der Waals surface area contributed by atoms with Crippen molar-refractivity contribution in [2.24, 2.45) is 0 Å². The maximum atomic E-state index is 12.7. The number of benzene rings is 1. The number of alkyl halides is 1. The standard InChI is InChI=1S/C18H15FN4O3/c1-26-15-5-6-16(18(24,25)14-9-21-23(10-14)11-19)22-17(15)13-4-2-3-12(7-13)8-20/h2-7,9-10,24-25H,11H2,1H3. The number of pyridine rings is 1. The van der Waals surface area contributed by atoms with Gasteiger partial charge >= 0.3 is 0 Å². The van der Waals surface area contributed by atoms with Crippen molar-refractivity contribution in [3.63, 3.8) is 0 Å². The Morgan fingerprint density at radius 2 is 2.12 bits per heavy atom. The highest BCUT2D eigenvalue weighted by Gasteiger charge is 2.33. The van der Waals surface area contributed by atoms with E-state index in [1.54, 1.807) is 24.3 Å². The molecule has 0 bridgehead atoms. The first-order chi connectivity index (χ1) is 12.5. The number of hydrogen-bond acceptors (Lipinski definition) is 6. The number of nitrogens with zero attached hydrogens (tertiary/aromatic N) is 4. The normalized spacial score (nSPS) is 11.2. The van der Waals surface area contributed by atoms with Crippen molar-refractivity contribution in [3.05, 3.63) is 65.6 Å². The summed E-state index contributed by atoms with van der Waals surface area (Å²) < 4.78 is 18.9. The van der Waals surface area contributed by atoms with Crippen LogP contribution in [0.5, 0.6) is 5.75 Å². The van der Waals surface area contributed by atoms with E-state index in [9.17, 15) is 14.6 Å². The lowest BCUT2D eigenvalue weighted by Gasteiger charge is -2.21. The first kappa shape index (κ1) is 17.5. The summed E-state index contributed by atoms with van der Waals surface area (Å²) in [6.07, 6.45) is 2.34. The van der Waals surface area contributed by atoms with Crippen LogP contribution in [-0.2, 0) is 12.6 Å². The SMILES string of the molecule is COc1ccc(C(O)(O)c2cnn(CF)c2)nc1-c1cccc(C#N)c1. The Balaban J connectivity index is 2.11. The van der Waals surface area contributed by atoms with Crippen LogP contribution in [0.3, 0.4) is 0 Å². The van der Waals surface area contributed by atoms with Gasteiger partial charge in [-0.1, -0.05) is 12.1 Å². The number of methoxy groups -OCH3 is 1. The maximum Gasteiger partial charge on any atom is 0.238 e. The van der Waals surface area contributed by atoms with Gasteiger partial charge in [0, 0.05) is 11.8 Å². The Labute approximate surface area is 148 Å². The molecule has 1 aromatic carbocycles. The molecular weight excluding hydrogens is 339 g/mol. The molecule has 3 rings (SSSR count). The Morgan fingerprint density at radius 1 is 1.31 bits per heavy atom. The van der Waals surface area contributed by atoms with Crippen LogP contribution in [0.25, 0.3) is 11.3 Å². The molecule has 0 radical (unpaired) electrons. The third kappa shape index (κ3) is 3.13. The number of nitriles is 1. The minimum atomic E-state index is -2.47. The van der Waals surface area contributed by atoms with E-state index in [0.29, 0.717) is 22.6 Å². The van der Waals surface area contributed by atoms with Gasteiger partial charge in [0.25, 0.3) is 0 Å². The Bertz CT molecular complexity index is 979. The lowest BCUT2D eigenvalue weighted by Crippen LogP contribution is -2.27. The number of rotatable bonds is 5. The van der Waals surface area contributed by atoms with Crippen molar-refractivity contribution in [3.8, 4) is 23.1 Å². The van der Waals surface area contributed by atoms with E-state index < -0.39 is 12.6 Å². The second-order valence-corrected chi connectivity index (χ2v) is 5.50. The molecular formula is C18H15FN4O3. The third-order valence-electron chi connectivity index (χ3n) is 3.86. The van der Waals surface area contributed by atoms with Crippen LogP contribution in [-0.4, -0.2) is 32.1 Å². The largest absolute Gasteiger partial charge is 0.494 e. The van der Waals surface area contributed by atoms with Gasteiger partial charge in [-0.15, -0.1) is 0 Å². The van der Waals surface area contributed by atoms with Crippen molar-refractivity contribution in [2.75, 3.05) is 7.11 Å². The number of ether oxygens (including phenoxy) is 1. The quantitative estimate of drug-likeness (QED) is 0.679. The fourth-order valence-corrected chi connectivity index (χ4v) is 2.50. The predicted octanol–water partition coefficient (Wildman–Crippen LogP) is 1.94. The van der Waals surface area contributed by atoms with E-state index in [1.807, 2.05) is 6.07 Å². The first-order valence-corrected chi connectivity index (χ1v) is 7.59. The Morgan fingerprint density at radius 3 is 2.77 bits per heavy atom. The molecule has 26 heavy (non-hydrogen) atoms. The van der Waals surface area contributed by atoms with Gasteiger partial charge in [-0.25, -0.2) is 14.1 Å². The van der Waals surface area contributed by atoms with Crippen molar-refractivity contribution in [1.29, 1.82) is 5.26 Å². The number of halogens is 1. The molecule has 0 atom stereocenters. The molecule has 8 heteroatoms. The van der Waals surface area contributed by atoms with Gasteiger partial charge in [0.05, 0.1) is 30.5 Å². The molecule has 0 saturated carbocycles. The van der Waals surface area contributed by atoms with Crippen LogP contribution in [0.2, 0.25) is 0 Å². The fraction of sp³-hybridized carbons (Fsp3) is 0.167. The van der Waals surface area contributed by atoms with E-state index >= 15 is 0 Å². The van der Waals surface area contributed by atoms with Crippen molar-refractivity contribution < 1.29 is 19.3 Å². The summed E-state index contributed by atoms with van der Waals surface area (Å²) in [5.74, 6) is -2.07. The number of hydrogen-bond donors (Lipinski definition) is 2. The smallest absolute Gasteiger partial charge is 0.238 e. The molecule has 0 amide bonds. The van der Waals surface area contributed by atoms with Gasteiger partial charge in [0.15, 0.2) is 6.80 Å². The average molecular weight is 354 g/mol. The highest BCUT2D eigenvalue weighted by atomic mass is 19.1. The van der Waals surface area contributed by atoms with Crippen molar-refractivity contribution >= 4 is 0 Å². The summed E-state index contributed by atoms with van der Waals surface area (Å²) in [5.41, 5.74) is 1.24. The lowest BCUT2D eigenvalue weighted by atomic mass is 10.0. The van der Waals surface area contributed by atoms with E-state index in [1.165, 1.54) is 25.4 Å². The van der Waals surface area contributed by atoms with Crippen LogP contribution >= 0.6 is 0 Å². The molecule has 3 aromatic rings. The molecule has 2 heterocycles. The van der Waals surface area contributed by atoms with Crippen LogP contribution in [0.15, 0.2) is 48.8 Å². The van der Waals surface area contributed by atoms with Crippen molar-refractivity contribution in [1.82, 2.24) is 14.8 Å². The summed E-state index contributed by atoms with van der Waals surface area (Å²) >= 11 is 0. The molecule has 0 saturated heterocycles. The second-order valence-electron chi connectivity index (χ2n) is 5.50. The van der Waals surface area contributed by atoms with Crippen LogP contribution < -0.4 is 4.74 Å². The fourth-order valence-electron chi connectivity index (χ4n) is 2.50. The lowest BCUT2D eigenvalue weighted by molar-refractivity contribution is -0.135. The monoisotopic (exact) mass is 354 g/mol. The molecule has 132 valence electrons. The molecule has 0 spiro atoms. The molecule has 0 aliphatic heterocycles. The molecule has 2 aromatic heterocycles. The van der Waals surface area contributed by atoms with Crippen LogP contribution in [0, 0.1) is 11.3 Å². The second kappa shape index (κ2) is 6.92. The molecule has 0 aliphatic rings. The molecule has 7 nitrogen and oxygen atoms in total. The Hall–Kier alpha value is -3.28. The van der Waals surface area contributed by atoms with E-state index in [0.717, 1.165) is 10.9 Å². The zero-order valence-electron chi connectivity index (χ0n) is 13.8. The van der Waals surface area contributed by atoms with Crippen LogP contribution in [0.1, 0.15) is 16.8 Å². The van der Waals surface area contributed by atoms with Gasteiger partial charge in [-0.05, 0) is 24.3 Å². The van der Waals surface area contributed by atoms with Gasteiger partial charge in [0.2, 0.25) is 5.79 Å². The number of aliphatic hydroxyl groups is 2. The minimum absolute atomic E-state index is 0.0236. The van der Waals surface area contributed by atoms with Gasteiger partial charge < -0.3 is 14.9 Å². The summed E-state index contributed by atoms with van der Waals surface area (Å²) in [6, 6.07) is 11.7. The zero-order valence-corrected chi connectivity index (χ0v) is 13.8. The van der Waals surface area contributed by atoms with E-state index in [2.05, 4.69) is 10.1 Å². The molecule has 2 N–H and O–H groups in total.